The van der Waals surface area contributed by atoms with Crippen molar-refractivity contribution in [2.45, 2.75) is 110 Å². The van der Waals surface area contributed by atoms with Gasteiger partial charge in [0.05, 0.1) is 17.2 Å². The highest BCUT2D eigenvalue weighted by atomic mass is 35.5. The second-order valence-electron chi connectivity index (χ2n) is 9.49. The van der Waals surface area contributed by atoms with E-state index in [1.165, 1.54) is 70.6 Å². The molecule has 4 nitrogen and oxygen atoms in total. The summed E-state index contributed by atoms with van der Waals surface area (Å²) in [5, 5.41) is 3.36. The summed E-state index contributed by atoms with van der Waals surface area (Å²) in [5.41, 5.74) is 1.51. The molecule has 0 spiro atoms. The highest BCUT2D eigenvalue weighted by Crippen LogP contribution is 2.28. The third-order valence-electron chi connectivity index (χ3n) is 6.32. The number of nitrogens with one attached hydrogen (secondary N) is 1. The number of nitrogens with zero attached hydrogens (tertiary/aromatic N) is 1. The zero-order valence-corrected chi connectivity index (χ0v) is 22.8. The van der Waals surface area contributed by atoms with Crippen molar-refractivity contribution < 1.29 is 14.1 Å². The number of pyridine rings is 1. The Morgan fingerprint density at radius 2 is 1.51 bits per heavy atom. The van der Waals surface area contributed by atoms with E-state index in [9.17, 15) is 4.79 Å². The lowest BCUT2D eigenvalue weighted by Crippen LogP contribution is -2.34. The Hall–Kier alpha value is -2.07. The summed E-state index contributed by atoms with van der Waals surface area (Å²) in [5.74, 6) is 0.402. The van der Waals surface area contributed by atoms with Gasteiger partial charge in [-0.1, -0.05) is 102 Å². The summed E-state index contributed by atoms with van der Waals surface area (Å²) in [6.45, 7) is 6.47. The molecule has 2 aromatic rings. The van der Waals surface area contributed by atoms with Gasteiger partial charge in [0.1, 0.15) is 12.3 Å². The Bertz CT molecular complexity index is 856. The van der Waals surface area contributed by atoms with Crippen LogP contribution < -0.4 is 14.6 Å². The van der Waals surface area contributed by atoms with Crippen molar-refractivity contribution in [1.29, 1.82) is 0 Å². The number of unbranched alkanes of at least 4 members (excludes halogenated alkanes) is 11. The van der Waals surface area contributed by atoms with Crippen LogP contribution in [0.1, 0.15) is 113 Å². The van der Waals surface area contributed by atoms with Crippen LogP contribution in [0.5, 0.6) is 5.75 Å². The van der Waals surface area contributed by atoms with E-state index in [-0.39, 0.29) is 5.91 Å². The molecule has 1 aromatic carbocycles. The molecule has 1 aromatic heterocycles. The minimum absolute atomic E-state index is 0.184. The highest BCUT2D eigenvalue weighted by Gasteiger charge is 2.14. The molecule has 0 unspecified atom stereocenters. The average Bonchev–Trinajstić information content (AvgIpc) is 2.87. The number of rotatable bonds is 19. The van der Waals surface area contributed by atoms with Crippen molar-refractivity contribution in [2.24, 2.45) is 0 Å². The van der Waals surface area contributed by atoms with Gasteiger partial charge in [-0.3, -0.25) is 4.79 Å². The van der Waals surface area contributed by atoms with Crippen LogP contribution in [0.2, 0.25) is 5.02 Å². The number of aryl methyl sites for hydroxylation is 1. The van der Waals surface area contributed by atoms with Gasteiger partial charge in [-0.05, 0) is 24.6 Å². The number of carbonyl (C=O) groups is 1. The van der Waals surface area contributed by atoms with Crippen LogP contribution in [0.15, 0.2) is 42.7 Å². The molecule has 1 heterocycles. The van der Waals surface area contributed by atoms with Gasteiger partial charge in [0.2, 0.25) is 0 Å². The van der Waals surface area contributed by atoms with Crippen LogP contribution in [-0.2, 0) is 13.1 Å². The fraction of sp³-hybridized carbons (Fsp3) is 0.600. The van der Waals surface area contributed by atoms with Gasteiger partial charge in [-0.2, -0.15) is 0 Å². The third kappa shape index (κ3) is 11.9. The smallest absolute Gasteiger partial charge is 0.253 e. The van der Waals surface area contributed by atoms with Crippen molar-refractivity contribution in [3.8, 4) is 5.75 Å². The van der Waals surface area contributed by atoms with E-state index in [1.807, 2.05) is 30.5 Å². The molecule has 2 rings (SSSR count). The molecule has 0 saturated heterocycles. The molecule has 0 fully saturated rings. The first kappa shape index (κ1) is 29.2. The first-order chi connectivity index (χ1) is 17.2. The third-order valence-corrected chi connectivity index (χ3v) is 6.71. The molecule has 0 atom stereocenters. The molecule has 5 heteroatoms. The largest absolute Gasteiger partial charge is 0.492 e. The molecular weight excluding hydrogens is 456 g/mol. The summed E-state index contributed by atoms with van der Waals surface area (Å²) in [4.78, 5) is 12.7. The van der Waals surface area contributed by atoms with E-state index in [1.54, 1.807) is 6.07 Å². The highest BCUT2D eigenvalue weighted by molar-refractivity contribution is 6.35. The van der Waals surface area contributed by atoms with Crippen LogP contribution in [0.4, 0.5) is 0 Å². The van der Waals surface area contributed by atoms with Gasteiger partial charge in [-0.25, -0.2) is 4.57 Å². The fourth-order valence-electron chi connectivity index (χ4n) is 4.28. The maximum atomic E-state index is 12.7. The first-order valence-electron chi connectivity index (χ1n) is 13.8. The number of carbonyl (C=O) groups excluding carboxylic acids is 1. The monoisotopic (exact) mass is 501 g/mol. The summed E-state index contributed by atoms with van der Waals surface area (Å²) < 4.78 is 8.05. The van der Waals surface area contributed by atoms with Crippen LogP contribution >= 0.6 is 11.6 Å². The zero-order valence-electron chi connectivity index (χ0n) is 22.0. The van der Waals surface area contributed by atoms with Gasteiger partial charge >= 0.3 is 0 Å². The van der Waals surface area contributed by atoms with E-state index >= 15 is 0 Å². The van der Waals surface area contributed by atoms with E-state index in [0.29, 0.717) is 29.5 Å². The van der Waals surface area contributed by atoms with Crippen molar-refractivity contribution in [3.05, 3.63) is 58.9 Å². The summed E-state index contributed by atoms with van der Waals surface area (Å²) in [6.07, 6.45) is 21.0. The summed E-state index contributed by atoms with van der Waals surface area (Å²) in [7, 11) is 0. The van der Waals surface area contributed by atoms with Crippen molar-refractivity contribution in [3.63, 3.8) is 0 Å². The molecule has 0 saturated carbocycles. The Balaban J connectivity index is 1.63. The van der Waals surface area contributed by atoms with Gasteiger partial charge < -0.3 is 10.1 Å². The summed E-state index contributed by atoms with van der Waals surface area (Å²) >= 11 is 6.51. The van der Waals surface area contributed by atoms with E-state index < -0.39 is 0 Å². The second-order valence-corrected chi connectivity index (χ2v) is 9.87. The first-order valence-corrected chi connectivity index (χ1v) is 14.2. The minimum atomic E-state index is -0.184. The maximum absolute atomic E-state index is 12.7. The number of ether oxygens (including phenoxy) is 1. The van der Waals surface area contributed by atoms with Crippen molar-refractivity contribution in [1.82, 2.24) is 5.32 Å². The van der Waals surface area contributed by atoms with Crippen LogP contribution in [0, 0.1) is 0 Å². The van der Waals surface area contributed by atoms with E-state index in [4.69, 9.17) is 16.3 Å². The Morgan fingerprint density at radius 3 is 2.17 bits per heavy atom. The lowest BCUT2D eigenvalue weighted by molar-refractivity contribution is -0.697. The minimum Gasteiger partial charge on any atom is -0.492 e. The lowest BCUT2D eigenvalue weighted by atomic mass is 10.1. The number of halogens is 1. The van der Waals surface area contributed by atoms with Crippen LogP contribution in [0.3, 0.4) is 0 Å². The SMILES string of the molecule is CCCCCCCCCCCCCCOc1cccc(C(=O)NCc2ccc[n+](CCC)c2)c1Cl. The zero-order chi connectivity index (χ0) is 25.1. The topological polar surface area (TPSA) is 42.2 Å². The molecular formula is C30H46ClN2O2+. The average molecular weight is 502 g/mol. The molecule has 0 bridgehead atoms. The normalized spacial score (nSPS) is 10.9. The predicted octanol–water partition coefficient (Wildman–Crippen LogP) is 8.05. The van der Waals surface area contributed by atoms with E-state index in [2.05, 4.69) is 29.9 Å². The quantitative estimate of drug-likeness (QED) is 0.156. The molecule has 0 aliphatic heterocycles. The van der Waals surface area contributed by atoms with Gasteiger partial charge in [0.25, 0.3) is 5.91 Å². The number of hydrogen-bond donors (Lipinski definition) is 1. The number of amides is 1. The van der Waals surface area contributed by atoms with Gasteiger partial charge in [-0.15, -0.1) is 0 Å². The van der Waals surface area contributed by atoms with Crippen molar-refractivity contribution in [2.75, 3.05) is 6.61 Å². The molecule has 0 aliphatic rings. The maximum Gasteiger partial charge on any atom is 0.253 e. The van der Waals surface area contributed by atoms with Crippen LogP contribution in [-0.4, -0.2) is 12.5 Å². The Morgan fingerprint density at radius 1 is 0.857 bits per heavy atom. The molecule has 1 amide bonds. The van der Waals surface area contributed by atoms with Gasteiger partial charge in [0, 0.05) is 24.6 Å². The molecule has 194 valence electrons. The van der Waals surface area contributed by atoms with Gasteiger partial charge in [0.15, 0.2) is 12.4 Å². The predicted molar refractivity (Wildman–Crippen MR) is 146 cm³/mol. The fourth-order valence-corrected chi connectivity index (χ4v) is 4.54. The second kappa shape index (κ2) is 18.2. The Kier molecular flexibility index (Phi) is 15.2. The molecule has 0 aliphatic carbocycles. The number of aromatic nitrogens is 1. The Labute approximate surface area is 218 Å². The van der Waals surface area contributed by atoms with Crippen LogP contribution in [0.25, 0.3) is 0 Å². The molecule has 35 heavy (non-hydrogen) atoms. The molecule has 0 radical (unpaired) electrons. The van der Waals surface area contributed by atoms with Crippen molar-refractivity contribution >= 4 is 17.5 Å². The van der Waals surface area contributed by atoms with E-state index in [0.717, 1.165) is 24.9 Å². The number of hydrogen-bond acceptors (Lipinski definition) is 2. The standard InChI is InChI=1S/C30H45ClN2O2/c1-3-5-6-7-8-9-10-11-12-13-14-15-23-35-28-20-16-19-27(29(28)31)30(34)32-24-26-18-17-22-33(25-26)21-4-2/h16-20,22,25H,3-15,21,23-24H2,1-2H3/p+1. The summed E-state index contributed by atoms with van der Waals surface area (Å²) in [6, 6.07) is 9.44. The number of benzene rings is 1. The molecule has 1 N–H and O–H groups in total. The lowest BCUT2D eigenvalue weighted by Gasteiger charge is -2.11.